The number of sulfone groups is 1. The molecule has 0 saturated carbocycles. The van der Waals surface area contributed by atoms with Crippen molar-refractivity contribution in [3.8, 4) is 0 Å². The van der Waals surface area contributed by atoms with Crippen LogP contribution >= 0.6 is 0 Å². The number of rotatable bonds is 7. The van der Waals surface area contributed by atoms with Crippen LogP contribution in [0.5, 0.6) is 0 Å². The summed E-state index contributed by atoms with van der Waals surface area (Å²) in [5.74, 6) is 0.422. The van der Waals surface area contributed by atoms with E-state index in [1.807, 2.05) is 0 Å². The third-order valence-corrected chi connectivity index (χ3v) is 5.47. The van der Waals surface area contributed by atoms with Gasteiger partial charge in [0, 0.05) is 31.1 Å². The summed E-state index contributed by atoms with van der Waals surface area (Å²) < 4.78 is 23.3. The zero-order valence-electron chi connectivity index (χ0n) is 13.8. The van der Waals surface area contributed by atoms with E-state index in [1.54, 1.807) is 4.90 Å². The van der Waals surface area contributed by atoms with Gasteiger partial charge in [-0.1, -0.05) is 13.3 Å². The van der Waals surface area contributed by atoms with Gasteiger partial charge in [0.05, 0.1) is 11.5 Å². The molecule has 5 nitrogen and oxygen atoms in total. The number of carbonyl (C=O) groups excluding carboxylic acids is 1. The normalized spacial score (nSPS) is 21.4. The van der Waals surface area contributed by atoms with Gasteiger partial charge < -0.3 is 10.2 Å². The van der Waals surface area contributed by atoms with Crippen LogP contribution < -0.4 is 5.32 Å². The lowest BCUT2D eigenvalue weighted by atomic mass is 10.1. The Bertz CT molecular complexity index is 440. The summed E-state index contributed by atoms with van der Waals surface area (Å²) in [5.41, 5.74) is -0.00870. The van der Waals surface area contributed by atoms with Crippen LogP contribution in [-0.2, 0) is 14.6 Å². The lowest BCUT2D eigenvalue weighted by Gasteiger charge is -2.29. The largest absolute Gasteiger partial charge is 0.339 e. The van der Waals surface area contributed by atoms with Gasteiger partial charge in [0.15, 0.2) is 9.84 Å². The number of nitrogens with zero attached hydrogens (tertiary/aromatic N) is 1. The first-order valence-corrected chi connectivity index (χ1v) is 9.71. The number of nitrogens with one attached hydrogen (secondary N) is 1. The Kier molecular flexibility index (Phi) is 6.66. The van der Waals surface area contributed by atoms with Crippen molar-refractivity contribution in [2.24, 2.45) is 0 Å². The van der Waals surface area contributed by atoms with Crippen LogP contribution in [0.25, 0.3) is 0 Å². The van der Waals surface area contributed by atoms with E-state index in [0.717, 1.165) is 12.8 Å². The molecule has 1 aliphatic heterocycles. The average Bonchev–Trinajstić information content (AvgIpc) is 2.68. The molecule has 0 radical (unpaired) electrons. The van der Waals surface area contributed by atoms with Gasteiger partial charge in [0.2, 0.25) is 5.91 Å². The second-order valence-corrected chi connectivity index (χ2v) is 9.15. The van der Waals surface area contributed by atoms with Gasteiger partial charge in [-0.25, -0.2) is 8.42 Å². The minimum atomic E-state index is -2.95. The molecule has 0 aromatic heterocycles. The topological polar surface area (TPSA) is 66.5 Å². The van der Waals surface area contributed by atoms with Crippen molar-refractivity contribution in [2.45, 2.75) is 65.0 Å². The fraction of sp³-hybridized carbons (Fsp3) is 0.933. The highest BCUT2D eigenvalue weighted by molar-refractivity contribution is 7.91. The van der Waals surface area contributed by atoms with Gasteiger partial charge in [-0.05, 0) is 33.6 Å². The van der Waals surface area contributed by atoms with E-state index in [9.17, 15) is 13.2 Å². The molecule has 1 amide bonds. The van der Waals surface area contributed by atoms with E-state index in [2.05, 4.69) is 33.0 Å². The van der Waals surface area contributed by atoms with Crippen molar-refractivity contribution >= 4 is 15.7 Å². The maximum absolute atomic E-state index is 12.4. The molecule has 0 aromatic carbocycles. The molecule has 1 fully saturated rings. The van der Waals surface area contributed by atoms with E-state index in [1.165, 1.54) is 0 Å². The van der Waals surface area contributed by atoms with E-state index >= 15 is 0 Å². The highest BCUT2D eigenvalue weighted by Crippen LogP contribution is 2.19. The second kappa shape index (κ2) is 7.58. The Labute approximate surface area is 129 Å². The molecule has 0 aliphatic carbocycles. The molecule has 1 atom stereocenters. The molecule has 1 aliphatic rings. The van der Waals surface area contributed by atoms with Crippen molar-refractivity contribution in [2.75, 3.05) is 24.6 Å². The SMILES string of the molecule is CCCCN(C(=O)CCNC(C)(C)C)C1CCS(=O)(=O)C1. The molecule has 124 valence electrons. The summed E-state index contributed by atoms with van der Waals surface area (Å²) in [5, 5.41) is 3.30. The molecule has 1 N–H and O–H groups in total. The summed E-state index contributed by atoms with van der Waals surface area (Å²) in [6.07, 6.45) is 2.94. The first-order chi connectivity index (χ1) is 9.64. The molecule has 6 heteroatoms. The molecule has 0 bridgehead atoms. The number of hydrogen-bond acceptors (Lipinski definition) is 4. The van der Waals surface area contributed by atoms with Crippen LogP contribution in [0, 0.1) is 0 Å². The van der Waals surface area contributed by atoms with E-state index < -0.39 is 9.84 Å². The van der Waals surface area contributed by atoms with Crippen LogP contribution in [0.15, 0.2) is 0 Å². The summed E-state index contributed by atoms with van der Waals surface area (Å²) >= 11 is 0. The number of amides is 1. The quantitative estimate of drug-likeness (QED) is 0.774. The Hall–Kier alpha value is -0.620. The van der Waals surface area contributed by atoms with Crippen LogP contribution in [0.3, 0.4) is 0 Å². The molecule has 1 saturated heterocycles. The fourth-order valence-electron chi connectivity index (χ4n) is 2.55. The van der Waals surface area contributed by atoms with E-state index in [-0.39, 0.29) is 29.0 Å². The molecule has 0 aromatic rings. The highest BCUT2D eigenvalue weighted by Gasteiger charge is 2.34. The van der Waals surface area contributed by atoms with Gasteiger partial charge >= 0.3 is 0 Å². The maximum Gasteiger partial charge on any atom is 0.224 e. The lowest BCUT2D eigenvalue weighted by molar-refractivity contribution is -0.133. The number of hydrogen-bond donors (Lipinski definition) is 1. The van der Waals surface area contributed by atoms with Crippen LogP contribution in [0.4, 0.5) is 0 Å². The van der Waals surface area contributed by atoms with Gasteiger partial charge in [-0.2, -0.15) is 0 Å². The third kappa shape index (κ3) is 6.78. The standard InChI is InChI=1S/C15H30N2O3S/c1-5-6-10-17(13-8-11-21(19,20)12-13)14(18)7-9-16-15(2,3)4/h13,16H,5-12H2,1-4H3. The molecular weight excluding hydrogens is 288 g/mol. The molecule has 1 unspecified atom stereocenters. The van der Waals surface area contributed by atoms with Gasteiger partial charge in [-0.3, -0.25) is 4.79 Å². The van der Waals surface area contributed by atoms with Crippen molar-refractivity contribution in [1.29, 1.82) is 0 Å². The summed E-state index contributed by atoms with van der Waals surface area (Å²) in [6, 6.07) is -0.122. The van der Waals surface area contributed by atoms with Crippen molar-refractivity contribution in [3.05, 3.63) is 0 Å². The molecule has 1 rings (SSSR count). The zero-order chi connectivity index (χ0) is 16.1. The Morgan fingerprint density at radius 2 is 2.00 bits per heavy atom. The number of carbonyl (C=O) groups is 1. The summed E-state index contributed by atoms with van der Waals surface area (Å²) in [7, 11) is -2.95. The van der Waals surface area contributed by atoms with E-state index in [0.29, 0.717) is 25.9 Å². The Balaban J connectivity index is 2.58. The van der Waals surface area contributed by atoms with Crippen molar-refractivity contribution < 1.29 is 13.2 Å². The smallest absolute Gasteiger partial charge is 0.224 e. The van der Waals surface area contributed by atoms with E-state index in [4.69, 9.17) is 0 Å². The molecule has 21 heavy (non-hydrogen) atoms. The average molecular weight is 318 g/mol. The van der Waals surface area contributed by atoms with Crippen molar-refractivity contribution in [1.82, 2.24) is 10.2 Å². The maximum atomic E-state index is 12.4. The van der Waals surface area contributed by atoms with Crippen LogP contribution in [0.1, 0.15) is 53.4 Å². The van der Waals surface area contributed by atoms with Crippen molar-refractivity contribution in [3.63, 3.8) is 0 Å². The van der Waals surface area contributed by atoms with Crippen LogP contribution in [0.2, 0.25) is 0 Å². The minimum Gasteiger partial charge on any atom is -0.339 e. The number of unbranched alkanes of at least 4 members (excludes halogenated alkanes) is 1. The zero-order valence-corrected chi connectivity index (χ0v) is 14.6. The fourth-order valence-corrected chi connectivity index (χ4v) is 4.28. The predicted octanol–water partition coefficient (Wildman–Crippen LogP) is 1.58. The Morgan fingerprint density at radius 3 is 2.48 bits per heavy atom. The first-order valence-electron chi connectivity index (χ1n) is 7.89. The van der Waals surface area contributed by atoms with Gasteiger partial charge in [0.1, 0.15) is 0 Å². The molecule has 0 spiro atoms. The van der Waals surface area contributed by atoms with Crippen LogP contribution in [-0.4, -0.2) is 55.4 Å². The van der Waals surface area contributed by atoms with Gasteiger partial charge in [-0.15, -0.1) is 0 Å². The Morgan fingerprint density at radius 1 is 1.33 bits per heavy atom. The summed E-state index contributed by atoms with van der Waals surface area (Å²) in [6.45, 7) is 9.58. The predicted molar refractivity (Wildman–Crippen MR) is 86.1 cm³/mol. The highest BCUT2D eigenvalue weighted by atomic mass is 32.2. The van der Waals surface area contributed by atoms with Gasteiger partial charge in [0.25, 0.3) is 0 Å². The molecular formula is C15H30N2O3S. The lowest BCUT2D eigenvalue weighted by Crippen LogP contribution is -2.44. The monoisotopic (exact) mass is 318 g/mol. The second-order valence-electron chi connectivity index (χ2n) is 6.92. The third-order valence-electron chi connectivity index (χ3n) is 3.72. The summed E-state index contributed by atoms with van der Waals surface area (Å²) in [4.78, 5) is 14.2. The minimum absolute atomic E-state index is 0.00870. The first kappa shape index (κ1) is 18.4. The molecule has 1 heterocycles.